The molecule has 19 heavy (non-hydrogen) atoms. The van der Waals surface area contributed by atoms with Gasteiger partial charge in [-0.25, -0.2) is 0 Å². The number of unbranched alkanes of at least 4 members (excludes halogenated alkanes) is 6. The molecule has 0 aliphatic rings. The molecule has 1 aromatic heterocycles. The quantitative estimate of drug-likeness (QED) is 0.613. The number of nitrogens with one attached hydrogen (secondary N) is 1. The molecule has 1 heterocycles. The number of aromatic nitrogens is 1. The van der Waals surface area contributed by atoms with E-state index in [9.17, 15) is 0 Å². The van der Waals surface area contributed by atoms with Gasteiger partial charge in [0.05, 0.1) is 0 Å². The van der Waals surface area contributed by atoms with Crippen LogP contribution in [0.1, 0.15) is 75.5 Å². The zero-order valence-corrected chi connectivity index (χ0v) is 12.9. The summed E-state index contributed by atoms with van der Waals surface area (Å²) >= 11 is 0. The zero-order valence-electron chi connectivity index (χ0n) is 12.9. The van der Waals surface area contributed by atoms with Crippen LogP contribution in [0.15, 0.2) is 18.5 Å². The number of hydrogen-bond acceptors (Lipinski definition) is 2. The maximum absolute atomic E-state index is 4.17. The van der Waals surface area contributed by atoms with Gasteiger partial charge in [-0.2, -0.15) is 0 Å². The minimum Gasteiger partial charge on any atom is -0.313 e. The van der Waals surface area contributed by atoms with Crippen molar-refractivity contribution in [1.29, 1.82) is 0 Å². The predicted octanol–water partition coefficient (Wildman–Crippen LogP) is 4.79. The fraction of sp³-hybridized carbons (Fsp3) is 0.706. The lowest BCUT2D eigenvalue weighted by atomic mass is 9.97. The van der Waals surface area contributed by atoms with E-state index in [0.29, 0.717) is 6.04 Å². The molecular formula is C17H30N2. The summed E-state index contributed by atoms with van der Waals surface area (Å²) in [6.07, 6.45) is 14.7. The molecule has 0 aromatic carbocycles. The van der Waals surface area contributed by atoms with E-state index >= 15 is 0 Å². The fourth-order valence-electron chi connectivity index (χ4n) is 2.64. The normalized spacial score (nSPS) is 12.6. The second kappa shape index (κ2) is 9.96. The molecule has 0 saturated heterocycles. The first-order chi connectivity index (χ1) is 9.29. The van der Waals surface area contributed by atoms with Crippen LogP contribution in [0.2, 0.25) is 0 Å². The third-order valence-electron chi connectivity index (χ3n) is 3.88. The number of rotatable bonds is 10. The van der Waals surface area contributed by atoms with Crippen LogP contribution < -0.4 is 5.32 Å². The third kappa shape index (κ3) is 6.20. The highest BCUT2D eigenvalue weighted by atomic mass is 14.9. The summed E-state index contributed by atoms with van der Waals surface area (Å²) in [5.41, 5.74) is 2.70. The minimum absolute atomic E-state index is 0.485. The Labute approximate surface area is 119 Å². The van der Waals surface area contributed by atoms with Crippen molar-refractivity contribution in [2.24, 2.45) is 0 Å². The van der Waals surface area contributed by atoms with Gasteiger partial charge in [0, 0.05) is 18.4 Å². The van der Waals surface area contributed by atoms with Crippen LogP contribution >= 0.6 is 0 Å². The molecule has 1 unspecified atom stereocenters. The SMILES string of the molecule is CCCCCCCCCC(NC)c1ccncc1C. The van der Waals surface area contributed by atoms with Crippen molar-refractivity contribution in [3.05, 3.63) is 29.6 Å². The van der Waals surface area contributed by atoms with Gasteiger partial charge in [-0.1, -0.05) is 51.9 Å². The van der Waals surface area contributed by atoms with Crippen molar-refractivity contribution in [2.75, 3.05) is 7.05 Å². The Bertz CT molecular complexity index is 336. The van der Waals surface area contributed by atoms with Crippen LogP contribution in [-0.4, -0.2) is 12.0 Å². The van der Waals surface area contributed by atoms with E-state index in [-0.39, 0.29) is 0 Å². The van der Waals surface area contributed by atoms with E-state index < -0.39 is 0 Å². The Hall–Kier alpha value is -0.890. The van der Waals surface area contributed by atoms with Gasteiger partial charge < -0.3 is 5.32 Å². The van der Waals surface area contributed by atoms with Gasteiger partial charge in [-0.3, -0.25) is 4.98 Å². The Morgan fingerprint density at radius 3 is 2.42 bits per heavy atom. The molecule has 1 N–H and O–H groups in total. The van der Waals surface area contributed by atoms with Crippen molar-refractivity contribution in [1.82, 2.24) is 10.3 Å². The molecule has 108 valence electrons. The molecule has 0 fully saturated rings. The van der Waals surface area contributed by atoms with Gasteiger partial charge in [0.15, 0.2) is 0 Å². The van der Waals surface area contributed by atoms with Gasteiger partial charge in [0.2, 0.25) is 0 Å². The highest BCUT2D eigenvalue weighted by molar-refractivity contribution is 5.25. The van der Waals surface area contributed by atoms with Gasteiger partial charge in [-0.05, 0) is 37.6 Å². The zero-order chi connectivity index (χ0) is 13.9. The first-order valence-electron chi connectivity index (χ1n) is 7.87. The van der Waals surface area contributed by atoms with Crippen molar-refractivity contribution < 1.29 is 0 Å². The lowest BCUT2D eigenvalue weighted by Crippen LogP contribution is -2.17. The van der Waals surface area contributed by atoms with E-state index in [2.05, 4.69) is 37.3 Å². The molecule has 2 nitrogen and oxygen atoms in total. The van der Waals surface area contributed by atoms with Crippen LogP contribution in [0.5, 0.6) is 0 Å². The van der Waals surface area contributed by atoms with Crippen LogP contribution in [0, 0.1) is 6.92 Å². The lowest BCUT2D eigenvalue weighted by molar-refractivity contribution is 0.494. The summed E-state index contributed by atoms with van der Waals surface area (Å²) in [6, 6.07) is 2.64. The molecule has 0 radical (unpaired) electrons. The minimum atomic E-state index is 0.485. The van der Waals surface area contributed by atoms with Crippen molar-refractivity contribution in [3.8, 4) is 0 Å². The van der Waals surface area contributed by atoms with Crippen molar-refractivity contribution in [2.45, 2.75) is 71.3 Å². The van der Waals surface area contributed by atoms with Gasteiger partial charge in [0.1, 0.15) is 0 Å². The molecule has 1 rings (SSSR count). The van der Waals surface area contributed by atoms with Crippen molar-refractivity contribution >= 4 is 0 Å². The van der Waals surface area contributed by atoms with E-state index in [1.807, 2.05) is 12.4 Å². The molecule has 0 spiro atoms. The topological polar surface area (TPSA) is 24.9 Å². The largest absolute Gasteiger partial charge is 0.313 e. The van der Waals surface area contributed by atoms with Crippen LogP contribution in [-0.2, 0) is 0 Å². The second-order valence-electron chi connectivity index (χ2n) is 5.48. The molecule has 0 saturated carbocycles. The Kier molecular flexibility index (Phi) is 8.48. The number of aryl methyl sites for hydroxylation is 1. The van der Waals surface area contributed by atoms with E-state index in [1.165, 1.54) is 62.5 Å². The predicted molar refractivity (Wildman–Crippen MR) is 83.4 cm³/mol. The second-order valence-corrected chi connectivity index (χ2v) is 5.48. The molecule has 0 bridgehead atoms. The molecule has 1 aromatic rings. The number of hydrogen-bond donors (Lipinski definition) is 1. The summed E-state index contributed by atoms with van der Waals surface area (Å²) < 4.78 is 0. The van der Waals surface area contributed by atoms with Gasteiger partial charge >= 0.3 is 0 Å². The van der Waals surface area contributed by atoms with E-state index in [1.54, 1.807) is 0 Å². The van der Waals surface area contributed by atoms with Gasteiger partial charge in [0.25, 0.3) is 0 Å². The summed E-state index contributed by atoms with van der Waals surface area (Å²) in [5.74, 6) is 0. The summed E-state index contributed by atoms with van der Waals surface area (Å²) in [7, 11) is 2.06. The van der Waals surface area contributed by atoms with E-state index in [0.717, 1.165) is 0 Å². The Balaban J connectivity index is 2.24. The maximum Gasteiger partial charge on any atom is 0.0321 e. The monoisotopic (exact) mass is 262 g/mol. The summed E-state index contributed by atoms with van der Waals surface area (Å²) in [5, 5.41) is 3.44. The van der Waals surface area contributed by atoms with Crippen LogP contribution in [0.3, 0.4) is 0 Å². The molecule has 0 amide bonds. The Morgan fingerprint density at radius 1 is 1.11 bits per heavy atom. The fourth-order valence-corrected chi connectivity index (χ4v) is 2.64. The van der Waals surface area contributed by atoms with Crippen LogP contribution in [0.4, 0.5) is 0 Å². The first-order valence-corrected chi connectivity index (χ1v) is 7.87. The molecule has 0 aliphatic heterocycles. The average Bonchev–Trinajstić information content (AvgIpc) is 2.43. The highest BCUT2D eigenvalue weighted by Gasteiger charge is 2.10. The standard InChI is InChI=1S/C17H30N2/c1-4-5-6-7-8-9-10-11-17(18-3)16-12-13-19-14-15(16)2/h12-14,17-18H,4-11H2,1-3H3. The lowest BCUT2D eigenvalue weighted by Gasteiger charge is -2.18. The smallest absolute Gasteiger partial charge is 0.0321 e. The number of pyridine rings is 1. The molecule has 2 heteroatoms. The molecule has 0 aliphatic carbocycles. The maximum atomic E-state index is 4.17. The molecular weight excluding hydrogens is 232 g/mol. The summed E-state index contributed by atoms with van der Waals surface area (Å²) in [4.78, 5) is 4.17. The highest BCUT2D eigenvalue weighted by Crippen LogP contribution is 2.22. The van der Waals surface area contributed by atoms with Crippen molar-refractivity contribution in [3.63, 3.8) is 0 Å². The van der Waals surface area contributed by atoms with E-state index in [4.69, 9.17) is 0 Å². The van der Waals surface area contributed by atoms with Crippen LogP contribution in [0.25, 0.3) is 0 Å². The molecule has 1 atom stereocenters. The first kappa shape index (κ1) is 16.2. The number of nitrogens with zero attached hydrogens (tertiary/aromatic N) is 1. The Morgan fingerprint density at radius 2 is 1.79 bits per heavy atom. The third-order valence-corrected chi connectivity index (χ3v) is 3.88. The van der Waals surface area contributed by atoms with Gasteiger partial charge in [-0.15, -0.1) is 0 Å². The summed E-state index contributed by atoms with van der Waals surface area (Å²) in [6.45, 7) is 4.42. The average molecular weight is 262 g/mol.